The van der Waals surface area contributed by atoms with E-state index in [4.69, 9.17) is 4.42 Å². The van der Waals surface area contributed by atoms with Gasteiger partial charge >= 0.3 is 6.01 Å². The molecule has 1 aliphatic heterocycles. The van der Waals surface area contributed by atoms with Gasteiger partial charge in [0, 0.05) is 25.9 Å². The summed E-state index contributed by atoms with van der Waals surface area (Å²) in [6, 6.07) is 10.4. The number of aryl methyl sites for hydroxylation is 1. The van der Waals surface area contributed by atoms with Crippen molar-refractivity contribution in [3.63, 3.8) is 0 Å². The molecule has 6 heteroatoms. The van der Waals surface area contributed by atoms with Crippen molar-refractivity contribution in [1.82, 2.24) is 15.1 Å². The Bertz CT molecular complexity index is 626. The van der Waals surface area contributed by atoms with Crippen molar-refractivity contribution in [2.75, 3.05) is 11.9 Å². The van der Waals surface area contributed by atoms with Crippen LogP contribution in [0.4, 0.5) is 6.01 Å². The minimum Gasteiger partial charge on any atom is -0.408 e. The second-order valence-electron chi connectivity index (χ2n) is 5.56. The van der Waals surface area contributed by atoms with Crippen molar-refractivity contribution in [3.05, 3.63) is 41.8 Å². The van der Waals surface area contributed by atoms with E-state index in [1.807, 2.05) is 35.2 Å². The number of hydrogen-bond donors (Lipinski definition) is 1. The van der Waals surface area contributed by atoms with Crippen molar-refractivity contribution < 1.29 is 9.21 Å². The number of aromatic nitrogens is 2. The molecule has 0 unspecified atom stereocenters. The summed E-state index contributed by atoms with van der Waals surface area (Å²) in [7, 11) is 0. The quantitative estimate of drug-likeness (QED) is 0.886. The minimum absolute atomic E-state index is 0.0196. The fourth-order valence-electron chi connectivity index (χ4n) is 2.63. The second kappa shape index (κ2) is 6.60. The van der Waals surface area contributed by atoms with Gasteiger partial charge in [-0.1, -0.05) is 42.4 Å². The maximum Gasteiger partial charge on any atom is 0.315 e. The number of rotatable bonds is 6. The Morgan fingerprint density at radius 2 is 2.14 bits per heavy atom. The molecular formula is C16H20N4O2. The molecule has 0 saturated carbocycles. The van der Waals surface area contributed by atoms with Gasteiger partial charge in [0.2, 0.25) is 11.8 Å². The summed E-state index contributed by atoms with van der Waals surface area (Å²) in [5.74, 6) is 0.783. The van der Waals surface area contributed by atoms with E-state index >= 15 is 0 Å². The molecule has 3 rings (SSSR count). The zero-order valence-electron chi connectivity index (χ0n) is 12.7. The normalized spacial score (nSPS) is 18.0. The molecule has 2 heterocycles. The number of carbonyl (C=O) groups excluding carboxylic acids is 1. The smallest absolute Gasteiger partial charge is 0.315 e. The van der Waals surface area contributed by atoms with E-state index < -0.39 is 0 Å². The van der Waals surface area contributed by atoms with Gasteiger partial charge in [0.05, 0.1) is 6.04 Å². The Balaban J connectivity index is 1.57. The van der Waals surface area contributed by atoms with Crippen LogP contribution in [0.3, 0.4) is 0 Å². The van der Waals surface area contributed by atoms with E-state index in [-0.39, 0.29) is 11.9 Å². The zero-order chi connectivity index (χ0) is 15.4. The molecule has 0 spiro atoms. The molecule has 1 aromatic carbocycles. The third kappa shape index (κ3) is 3.44. The molecule has 0 radical (unpaired) electrons. The Kier molecular flexibility index (Phi) is 4.37. The summed E-state index contributed by atoms with van der Waals surface area (Å²) in [5.41, 5.74) is 1.14. The molecule has 1 fully saturated rings. The molecule has 1 saturated heterocycles. The molecule has 22 heavy (non-hydrogen) atoms. The van der Waals surface area contributed by atoms with E-state index in [0.717, 1.165) is 18.4 Å². The van der Waals surface area contributed by atoms with Crippen LogP contribution in [0.5, 0.6) is 0 Å². The van der Waals surface area contributed by atoms with E-state index in [1.54, 1.807) is 0 Å². The minimum atomic E-state index is 0.0196. The maximum atomic E-state index is 12.1. The molecule has 6 nitrogen and oxygen atoms in total. The van der Waals surface area contributed by atoms with Crippen molar-refractivity contribution in [2.24, 2.45) is 0 Å². The van der Waals surface area contributed by atoms with Crippen LogP contribution >= 0.6 is 0 Å². The van der Waals surface area contributed by atoms with E-state index in [0.29, 0.717) is 31.4 Å². The standard InChI is InChI=1S/C16H20N4O2/c1-2-6-14-18-19-16(22-14)17-13-9-15(21)20(11-13)10-12-7-4-3-5-8-12/h3-5,7-8,13H,2,6,9-11H2,1H3,(H,17,19)/t13-/m0/s1. The summed E-state index contributed by atoms with van der Waals surface area (Å²) in [6.45, 7) is 3.36. The lowest BCUT2D eigenvalue weighted by atomic mass is 10.2. The third-order valence-corrected chi connectivity index (χ3v) is 3.69. The predicted octanol–water partition coefficient (Wildman–Crippen LogP) is 2.24. The molecule has 1 atom stereocenters. The highest BCUT2D eigenvalue weighted by molar-refractivity contribution is 5.79. The van der Waals surface area contributed by atoms with Gasteiger partial charge < -0.3 is 14.6 Å². The highest BCUT2D eigenvalue weighted by atomic mass is 16.4. The van der Waals surface area contributed by atoms with Crippen LogP contribution in [-0.4, -0.2) is 33.6 Å². The fraction of sp³-hybridized carbons (Fsp3) is 0.438. The molecular weight excluding hydrogens is 280 g/mol. The van der Waals surface area contributed by atoms with Crippen molar-refractivity contribution >= 4 is 11.9 Å². The summed E-state index contributed by atoms with van der Waals surface area (Å²) in [5, 5.41) is 11.1. The van der Waals surface area contributed by atoms with Gasteiger partial charge in [-0.05, 0) is 12.0 Å². The van der Waals surface area contributed by atoms with E-state index in [9.17, 15) is 4.79 Å². The largest absolute Gasteiger partial charge is 0.408 e. The van der Waals surface area contributed by atoms with Crippen molar-refractivity contribution in [2.45, 2.75) is 38.8 Å². The summed E-state index contributed by atoms with van der Waals surface area (Å²) >= 11 is 0. The van der Waals surface area contributed by atoms with Gasteiger partial charge in [0.25, 0.3) is 0 Å². The van der Waals surface area contributed by atoms with E-state index in [2.05, 4.69) is 22.4 Å². The SMILES string of the molecule is CCCc1nnc(N[C@H]2CC(=O)N(Cc3ccccc3)C2)o1. The Morgan fingerprint density at radius 3 is 2.91 bits per heavy atom. The van der Waals surface area contributed by atoms with Crippen molar-refractivity contribution in [3.8, 4) is 0 Å². The van der Waals surface area contributed by atoms with Crippen LogP contribution in [0.1, 0.15) is 31.2 Å². The van der Waals surface area contributed by atoms with Crippen LogP contribution in [0, 0.1) is 0 Å². The first-order valence-corrected chi connectivity index (χ1v) is 7.65. The number of nitrogens with zero attached hydrogens (tertiary/aromatic N) is 3. The first-order chi connectivity index (χ1) is 10.7. The topological polar surface area (TPSA) is 71.3 Å². The monoisotopic (exact) mass is 300 g/mol. The number of likely N-dealkylation sites (tertiary alicyclic amines) is 1. The predicted molar refractivity (Wildman–Crippen MR) is 82.2 cm³/mol. The Labute approximate surface area is 129 Å². The second-order valence-corrected chi connectivity index (χ2v) is 5.56. The lowest BCUT2D eigenvalue weighted by Crippen LogP contribution is -2.27. The van der Waals surface area contributed by atoms with Gasteiger partial charge in [-0.3, -0.25) is 4.79 Å². The van der Waals surface area contributed by atoms with Gasteiger partial charge in [0.1, 0.15) is 0 Å². The molecule has 2 aromatic rings. The van der Waals surface area contributed by atoms with Gasteiger partial charge in [0.15, 0.2) is 0 Å². The summed E-state index contributed by atoms with van der Waals surface area (Å²) in [4.78, 5) is 14.0. The molecule has 1 aliphatic rings. The number of carbonyl (C=O) groups is 1. The highest BCUT2D eigenvalue weighted by Gasteiger charge is 2.30. The Hall–Kier alpha value is -2.37. The first-order valence-electron chi connectivity index (χ1n) is 7.65. The van der Waals surface area contributed by atoms with Gasteiger partial charge in [-0.25, -0.2) is 0 Å². The number of benzene rings is 1. The van der Waals surface area contributed by atoms with Gasteiger partial charge in [-0.15, -0.1) is 5.10 Å². The summed E-state index contributed by atoms with van der Waals surface area (Å²) < 4.78 is 5.51. The average Bonchev–Trinajstić information content (AvgIpc) is 3.08. The molecule has 1 aromatic heterocycles. The number of anilines is 1. The highest BCUT2D eigenvalue weighted by Crippen LogP contribution is 2.18. The van der Waals surface area contributed by atoms with E-state index in [1.165, 1.54) is 0 Å². The average molecular weight is 300 g/mol. The maximum absolute atomic E-state index is 12.1. The number of nitrogens with one attached hydrogen (secondary N) is 1. The third-order valence-electron chi connectivity index (χ3n) is 3.69. The molecule has 0 aliphatic carbocycles. The zero-order valence-corrected chi connectivity index (χ0v) is 12.7. The molecule has 1 amide bonds. The number of amides is 1. The molecule has 1 N–H and O–H groups in total. The van der Waals surface area contributed by atoms with Crippen molar-refractivity contribution in [1.29, 1.82) is 0 Å². The first kappa shape index (κ1) is 14.6. The van der Waals surface area contributed by atoms with Crippen LogP contribution in [-0.2, 0) is 17.8 Å². The van der Waals surface area contributed by atoms with Crippen LogP contribution < -0.4 is 5.32 Å². The molecule has 0 bridgehead atoms. The Morgan fingerprint density at radius 1 is 1.32 bits per heavy atom. The van der Waals surface area contributed by atoms with Crippen LogP contribution in [0.15, 0.2) is 34.7 Å². The van der Waals surface area contributed by atoms with Gasteiger partial charge in [-0.2, -0.15) is 0 Å². The number of hydrogen-bond acceptors (Lipinski definition) is 5. The van der Waals surface area contributed by atoms with Crippen LogP contribution in [0.25, 0.3) is 0 Å². The lowest BCUT2D eigenvalue weighted by molar-refractivity contribution is -0.128. The molecule has 116 valence electrons. The van der Waals surface area contributed by atoms with Crippen LogP contribution in [0.2, 0.25) is 0 Å². The fourth-order valence-corrected chi connectivity index (χ4v) is 2.63. The summed E-state index contributed by atoms with van der Waals surface area (Å²) in [6.07, 6.45) is 2.20. The lowest BCUT2D eigenvalue weighted by Gasteiger charge is -2.16.